The molecule has 0 radical (unpaired) electrons. The molecule has 10 amide bonds. The summed E-state index contributed by atoms with van der Waals surface area (Å²) >= 11 is -2.42. The molecule has 4 heterocycles. The maximum atomic E-state index is 15.0. The molecule has 3 aliphatic heterocycles. The van der Waals surface area contributed by atoms with E-state index in [4.69, 9.17) is 20.3 Å². The van der Waals surface area contributed by atoms with Crippen LogP contribution in [-0.4, -0.2) is 282 Å². The minimum atomic E-state index is -2.42. The van der Waals surface area contributed by atoms with Crippen LogP contribution < -0.4 is 58.9 Å². The molecule has 1 aromatic heterocycles. The maximum Gasteiger partial charge on any atom is 0.508 e. The highest BCUT2D eigenvalue weighted by Crippen LogP contribution is 2.31. The minimum absolute atomic E-state index is 0.0393. The van der Waals surface area contributed by atoms with Gasteiger partial charge in [0.2, 0.25) is 64.1 Å². The molecule has 532 valence electrons. The first kappa shape index (κ1) is 78.9. The van der Waals surface area contributed by atoms with E-state index in [1.54, 1.807) is 20.8 Å². The minimum Gasteiger partial charge on any atom is -0.610 e. The van der Waals surface area contributed by atoms with Gasteiger partial charge in [0.1, 0.15) is 61.2 Å². The summed E-state index contributed by atoms with van der Waals surface area (Å²) in [6.45, 7) is 1.92. The number of aromatic hydroxyl groups is 1. The predicted octanol–water partition coefficient (Wildman–Crippen LogP) is -7.48. The van der Waals surface area contributed by atoms with Crippen molar-refractivity contribution < 1.29 is 108 Å². The molecule has 2 unspecified atom stereocenters. The summed E-state index contributed by atoms with van der Waals surface area (Å²) in [5.41, 5.74) is 5.83. The van der Waals surface area contributed by atoms with Crippen molar-refractivity contribution in [2.45, 2.75) is 156 Å². The van der Waals surface area contributed by atoms with E-state index >= 15 is 4.79 Å². The lowest BCUT2D eigenvalue weighted by molar-refractivity contribution is -0.139. The molecule has 5 rings (SSSR count). The van der Waals surface area contributed by atoms with Gasteiger partial charge in [-0.15, -0.1) is 0 Å². The standard InChI is InChI=1S/C57H89N13O22S3/c1-6-26(2)46-53(86)63-19-44(79)65-38-25-95(90)55-33(32-8-7-30(72)14-35(32)68-55)15-36(50(83)62-20-45(80)69-46)66-54(87)47(61-17-29-13-31(73)21-70(29)56(88)37(16-42(58)77)67-52(38)85)28(4)41(76)23-92-57(89)91-11-12-93-94-24-27(3)64-51(84)34(59-5)9-10-43(78)60-18-39(74)48(81)49(82)40(75)22-71/h7-8,14,26-29,31,34,36-41,46-49,59,61,68,71-76,81-82H,6,9-13,15-25H2,1-5H3,(H2,58,77)(H,60,78)(H,62,83)(H,63,86)(H,64,84)(H,65,79)(H,66,87)(H,67,85)(H,69,80)/t26?,27-,28-,29+,31-,34+,36-,37+,38-,39+,40-,41+,46+,47+,48-,49-,95?/m1/s1. The number of benzene rings is 1. The van der Waals surface area contributed by atoms with E-state index in [1.807, 2.05) is 0 Å². The summed E-state index contributed by atoms with van der Waals surface area (Å²) in [5.74, 6) is -11.1. The van der Waals surface area contributed by atoms with Crippen molar-refractivity contribution in [2.24, 2.45) is 17.6 Å². The van der Waals surface area contributed by atoms with E-state index in [0.29, 0.717) is 12.2 Å². The number of likely N-dealkylation sites (N-methyl/N-ethyl adjacent to an activating group) is 1. The van der Waals surface area contributed by atoms with E-state index < -0.39 is 219 Å². The first-order valence-corrected chi connectivity index (χ1v) is 34.5. The summed E-state index contributed by atoms with van der Waals surface area (Å²) in [5, 5.41) is 108. The van der Waals surface area contributed by atoms with Crippen molar-refractivity contribution in [1.82, 2.24) is 63.1 Å². The van der Waals surface area contributed by atoms with Gasteiger partial charge in [0.15, 0.2) is 6.04 Å². The number of fused-ring (bicyclic) bond motifs is 5. The zero-order valence-electron chi connectivity index (χ0n) is 53.0. The van der Waals surface area contributed by atoms with E-state index in [1.165, 1.54) is 53.8 Å². The number of nitrogens with zero attached hydrogens (tertiary/aromatic N) is 1. The fourth-order valence-corrected chi connectivity index (χ4v) is 14.0. The van der Waals surface area contributed by atoms with E-state index in [9.17, 15) is 88.2 Å². The van der Waals surface area contributed by atoms with Gasteiger partial charge in [-0.3, -0.25) is 47.9 Å². The number of carbonyl (C=O) groups excluding carboxylic acids is 11. The summed E-state index contributed by atoms with van der Waals surface area (Å²) in [4.78, 5) is 155. The van der Waals surface area contributed by atoms with Crippen LogP contribution in [0.4, 0.5) is 4.79 Å². The number of aromatic nitrogens is 1. The Morgan fingerprint density at radius 1 is 0.853 bits per heavy atom. The Kier molecular flexibility index (Phi) is 31.7. The van der Waals surface area contributed by atoms with Gasteiger partial charge in [0, 0.05) is 90.2 Å². The molecule has 2 aromatic rings. The Hall–Kier alpha value is -6.82. The van der Waals surface area contributed by atoms with Crippen LogP contribution in [0.1, 0.15) is 65.4 Å². The van der Waals surface area contributed by atoms with Crippen LogP contribution in [0.3, 0.4) is 0 Å². The summed E-state index contributed by atoms with van der Waals surface area (Å²) in [6.07, 6.45) is -12.5. The SMILES string of the molecule is CCC(C)[C@@H]1NC(=O)CNC(=O)[C@H]2Cc3c([nH]c4cc(O)ccc34)[S+]([O-])C[C@@H](NC(=O)CNC1=O)C(=O)N[C@@H](CC(N)=O)C(=O)N1C[C@H](O)C[C@H]1CN[C@@H]([C@H](C)[C@@H](O)COC(=O)OCCSSC[C@@H](C)NC(=O)[C@H](CCC(=O)NC[C@H](O)[C@@H](O)[C@H](O)[C@H](O)CO)NC)C(=O)N2. The van der Waals surface area contributed by atoms with Gasteiger partial charge in [-0.25, -0.2) is 4.79 Å². The smallest absolute Gasteiger partial charge is 0.508 e. The number of phenolic OH excluding ortho intramolecular Hbond substituents is 1. The summed E-state index contributed by atoms with van der Waals surface area (Å²) < 4.78 is 25.3. The highest BCUT2D eigenvalue weighted by Gasteiger charge is 2.43. The maximum absolute atomic E-state index is 15.0. The average Bonchev–Trinajstić information content (AvgIpc) is 1.65. The molecule has 38 heteroatoms. The molecular weight excluding hydrogens is 1310 g/mol. The molecule has 1 aromatic carbocycles. The van der Waals surface area contributed by atoms with E-state index in [0.717, 1.165) is 4.90 Å². The second kappa shape index (κ2) is 38.2. The van der Waals surface area contributed by atoms with Gasteiger partial charge < -0.3 is 124 Å². The Balaban J connectivity index is 1.32. The molecule has 1 fully saturated rings. The van der Waals surface area contributed by atoms with Gasteiger partial charge in [0.25, 0.3) is 0 Å². The van der Waals surface area contributed by atoms with Gasteiger partial charge in [-0.05, 0) is 44.9 Å². The van der Waals surface area contributed by atoms with Crippen LogP contribution >= 0.6 is 21.6 Å². The van der Waals surface area contributed by atoms with Gasteiger partial charge >= 0.3 is 6.16 Å². The van der Waals surface area contributed by atoms with Crippen LogP contribution in [0.15, 0.2) is 23.2 Å². The van der Waals surface area contributed by atoms with Crippen molar-refractivity contribution in [3.8, 4) is 5.75 Å². The molecule has 95 heavy (non-hydrogen) atoms. The first-order valence-electron chi connectivity index (χ1n) is 30.7. The number of phenols is 1. The molecule has 17 atom stereocenters. The van der Waals surface area contributed by atoms with Crippen molar-refractivity contribution >= 4 is 109 Å². The van der Waals surface area contributed by atoms with Gasteiger partial charge in [-0.2, -0.15) is 0 Å². The van der Waals surface area contributed by atoms with Crippen molar-refractivity contribution in [2.75, 3.05) is 76.9 Å². The molecule has 0 spiro atoms. The lowest BCUT2D eigenvalue weighted by atomic mass is 9.94. The fourth-order valence-electron chi connectivity index (χ4n) is 10.5. The topological polar surface area (TPSA) is 556 Å². The zero-order valence-corrected chi connectivity index (χ0v) is 55.5. The molecule has 2 bridgehead atoms. The molecule has 21 N–H and O–H groups in total. The number of nitrogens with two attached hydrogens (primary N) is 1. The summed E-state index contributed by atoms with van der Waals surface area (Å²) in [7, 11) is 4.12. The largest absolute Gasteiger partial charge is 0.610 e. The molecule has 35 nitrogen and oxygen atoms in total. The molecule has 0 aliphatic carbocycles. The number of amides is 10. The third kappa shape index (κ3) is 23.8. The number of hydrogen-bond donors (Lipinski definition) is 20. The van der Waals surface area contributed by atoms with E-state index in [2.05, 4.69) is 58.2 Å². The Morgan fingerprint density at radius 2 is 1.54 bits per heavy atom. The number of carbonyl (C=O) groups is 11. The lowest BCUT2D eigenvalue weighted by Gasteiger charge is -2.33. The quantitative estimate of drug-likeness (QED) is 0.0180. The van der Waals surface area contributed by atoms with Gasteiger partial charge in [-0.1, -0.05) is 48.8 Å². The number of aliphatic hydroxyl groups excluding tert-OH is 7. The fraction of sp³-hybridized carbons (Fsp3) is 0.667. The number of primary amides is 1. The van der Waals surface area contributed by atoms with Crippen LogP contribution in [0, 0.1) is 11.8 Å². The number of hydrogen-bond acceptors (Lipinski definition) is 26. The monoisotopic (exact) mass is 1400 g/mol. The lowest BCUT2D eigenvalue weighted by Crippen LogP contribution is -2.61. The predicted molar refractivity (Wildman–Crippen MR) is 341 cm³/mol. The second-order valence-corrected chi connectivity index (χ2v) is 27.5. The molecular formula is C57H89N13O22S3. The van der Waals surface area contributed by atoms with Gasteiger partial charge in [0.05, 0.1) is 62.0 Å². The number of aromatic amines is 1. The highest BCUT2D eigenvalue weighted by molar-refractivity contribution is 8.76. The highest BCUT2D eigenvalue weighted by atomic mass is 33.1. The molecule has 0 saturated carbocycles. The first-order chi connectivity index (χ1) is 45.0. The van der Waals surface area contributed by atoms with Crippen molar-refractivity contribution in [1.29, 1.82) is 0 Å². The van der Waals surface area contributed by atoms with Crippen LogP contribution in [0.25, 0.3) is 10.9 Å². The molecule has 1 saturated heterocycles. The van der Waals surface area contributed by atoms with Crippen LogP contribution in [0.2, 0.25) is 0 Å². The third-order valence-electron chi connectivity index (χ3n) is 16.1. The Bertz CT molecular complexity index is 2990. The second-order valence-electron chi connectivity index (χ2n) is 23.4. The Morgan fingerprint density at radius 3 is 2.21 bits per heavy atom. The van der Waals surface area contributed by atoms with E-state index in [-0.39, 0.29) is 78.0 Å². The zero-order chi connectivity index (χ0) is 70.4. The normalized spacial score (nSPS) is 25.0. The van der Waals surface area contributed by atoms with Crippen molar-refractivity contribution in [3.05, 3.63) is 23.8 Å². The average molecular weight is 1400 g/mol. The Labute approximate surface area is 557 Å². The number of ether oxygens (including phenoxy) is 2. The molecule has 3 aliphatic rings. The third-order valence-corrected chi connectivity index (χ3v) is 20.1. The van der Waals surface area contributed by atoms with Crippen LogP contribution in [-0.2, 0) is 75.0 Å². The summed E-state index contributed by atoms with van der Waals surface area (Å²) in [6, 6.07) is -6.39. The number of nitrogens with one attached hydrogen (secondary N) is 11. The number of H-pyrrole nitrogens is 1. The number of rotatable bonds is 26. The van der Waals surface area contributed by atoms with Crippen molar-refractivity contribution in [3.63, 3.8) is 0 Å². The van der Waals surface area contributed by atoms with Crippen LogP contribution in [0.5, 0.6) is 5.75 Å². The number of aliphatic hydroxyl groups is 7.